The molecule has 2 rings (SSSR count). The molecule has 5 heteroatoms. The molecule has 0 spiro atoms. The highest BCUT2D eigenvalue weighted by atomic mass is 19.4. The van der Waals surface area contributed by atoms with Crippen molar-refractivity contribution in [2.45, 2.75) is 38.0 Å². The lowest BCUT2D eigenvalue weighted by molar-refractivity contribution is -0.137. The van der Waals surface area contributed by atoms with Crippen LogP contribution in [0, 0.1) is 5.82 Å². The fourth-order valence-electron chi connectivity index (χ4n) is 2.26. The minimum Gasteiger partial charge on any atom is -0.384 e. The highest BCUT2D eigenvalue weighted by Gasteiger charge is 2.32. The third-order valence-corrected chi connectivity index (χ3v) is 3.24. The predicted octanol–water partition coefficient (Wildman–Crippen LogP) is 4.38. The lowest BCUT2D eigenvalue weighted by atomic mass is 9.91. The minimum atomic E-state index is -4.61. The van der Waals surface area contributed by atoms with Gasteiger partial charge in [-0.05, 0) is 55.0 Å². The van der Waals surface area contributed by atoms with Crippen LogP contribution in [0.2, 0.25) is 0 Å². The van der Waals surface area contributed by atoms with Gasteiger partial charge in [-0.2, -0.15) is 13.2 Å². The molecule has 0 aliphatic heterocycles. The predicted molar refractivity (Wildman–Crippen MR) is 62.9 cm³/mol. The summed E-state index contributed by atoms with van der Waals surface area (Å²) in [5.74, 6) is -0.986. The van der Waals surface area contributed by atoms with Crippen LogP contribution in [0.1, 0.15) is 42.9 Å². The lowest BCUT2D eigenvalue weighted by Gasteiger charge is -2.20. The fourth-order valence-corrected chi connectivity index (χ4v) is 2.26. The number of rotatable bonds is 2. The van der Waals surface area contributed by atoms with E-state index in [1.165, 1.54) is 0 Å². The van der Waals surface area contributed by atoms with Crippen LogP contribution in [0.25, 0.3) is 0 Å². The van der Waals surface area contributed by atoms with Crippen molar-refractivity contribution >= 4 is 0 Å². The van der Waals surface area contributed by atoms with Crippen molar-refractivity contribution in [3.05, 3.63) is 46.8 Å². The average Bonchev–Trinajstić information content (AvgIpc) is 2.37. The topological polar surface area (TPSA) is 20.2 Å². The minimum absolute atomic E-state index is 0.0412. The second-order valence-electron chi connectivity index (χ2n) is 4.70. The van der Waals surface area contributed by atoms with Gasteiger partial charge in [0.25, 0.3) is 0 Å². The smallest absolute Gasteiger partial charge is 0.384 e. The average molecular weight is 274 g/mol. The Morgan fingerprint density at radius 1 is 1.11 bits per heavy atom. The van der Waals surface area contributed by atoms with Crippen LogP contribution in [0.4, 0.5) is 17.6 Å². The van der Waals surface area contributed by atoms with E-state index in [4.69, 9.17) is 0 Å². The third kappa shape index (κ3) is 3.35. The van der Waals surface area contributed by atoms with E-state index < -0.39 is 23.7 Å². The van der Waals surface area contributed by atoms with Crippen molar-refractivity contribution in [1.82, 2.24) is 0 Å². The van der Waals surface area contributed by atoms with E-state index >= 15 is 0 Å². The zero-order valence-electron chi connectivity index (χ0n) is 10.2. The van der Waals surface area contributed by atoms with E-state index in [2.05, 4.69) is 0 Å². The van der Waals surface area contributed by atoms with E-state index in [0.717, 1.165) is 31.4 Å². The maximum absolute atomic E-state index is 13.3. The monoisotopic (exact) mass is 274 g/mol. The molecular weight excluding hydrogens is 260 g/mol. The lowest BCUT2D eigenvalue weighted by Crippen LogP contribution is -2.10. The highest BCUT2D eigenvalue weighted by molar-refractivity contribution is 5.32. The van der Waals surface area contributed by atoms with Gasteiger partial charge in [-0.3, -0.25) is 0 Å². The van der Waals surface area contributed by atoms with Gasteiger partial charge in [-0.15, -0.1) is 0 Å². The number of hydrogen-bond acceptors (Lipinski definition) is 1. The maximum atomic E-state index is 13.3. The van der Waals surface area contributed by atoms with Crippen LogP contribution in [0.3, 0.4) is 0 Å². The van der Waals surface area contributed by atoms with Crippen molar-refractivity contribution in [3.8, 4) is 0 Å². The number of hydrogen-bond donors (Lipinski definition) is 1. The first-order chi connectivity index (χ1) is 8.88. The summed E-state index contributed by atoms with van der Waals surface area (Å²) in [6.07, 6.45) is -0.606. The zero-order valence-corrected chi connectivity index (χ0v) is 10.2. The number of alkyl halides is 3. The standard InChI is InChI=1S/C14H14F4O/c15-12-7-10(6-11(8-12)14(16,17)18)13(19)9-4-2-1-3-5-9/h4,6-8,13,19H,1-3,5H2. The molecule has 1 aromatic carbocycles. The Hall–Kier alpha value is -1.36. The van der Waals surface area contributed by atoms with Gasteiger partial charge >= 0.3 is 6.18 Å². The fraction of sp³-hybridized carbons (Fsp3) is 0.429. The summed E-state index contributed by atoms with van der Waals surface area (Å²) in [5.41, 5.74) is -0.441. The molecule has 104 valence electrons. The molecule has 1 aliphatic rings. The summed E-state index contributed by atoms with van der Waals surface area (Å²) in [6.45, 7) is 0. The Kier molecular flexibility index (Phi) is 3.94. The number of benzene rings is 1. The number of aliphatic hydroxyl groups excluding tert-OH is 1. The highest BCUT2D eigenvalue weighted by Crippen LogP contribution is 2.35. The quantitative estimate of drug-likeness (QED) is 0.627. The SMILES string of the molecule is OC(C1=CCCCC1)c1cc(F)cc(C(F)(F)F)c1. The molecule has 1 aromatic rings. The van der Waals surface area contributed by atoms with Gasteiger partial charge in [0.15, 0.2) is 0 Å². The first-order valence-electron chi connectivity index (χ1n) is 6.12. The Bertz CT molecular complexity index is 491. The summed E-state index contributed by atoms with van der Waals surface area (Å²) in [4.78, 5) is 0. The third-order valence-electron chi connectivity index (χ3n) is 3.24. The van der Waals surface area contributed by atoms with Crippen LogP contribution >= 0.6 is 0 Å². The molecule has 0 saturated carbocycles. The van der Waals surface area contributed by atoms with Gasteiger partial charge in [0.1, 0.15) is 11.9 Å². The van der Waals surface area contributed by atoms with Crippen molar-refractivity contribution in [1.29, 1.82) is 0 Å². The summed E-state index contributed by atoms with van der Waals surface area (Å²) in [6, 6.07) is 2.20. The second-order valence-corrected chi connectivity index (χ2v) is 4.70. The zero-order chi connectivity index (χ0) is 14.0. The van der Waals surface area contributed by atoms with Gasteiger partial charge in [0.2, 0.25) is 0 Å². The molecule has 0 aromatic heterocycles. The van der Waals surface area contributed by atoms with E-state index in [-0.39, 0.29) is 5.56 Å². The number of allylic oxidation sites excluding steroid dienone is 1. The molecule has 19 heavy (non-hydrogen) atoms. The number of aliphatic hydroxyl groups is 1. The summed E-state index contributed by atoms with van der Waals surface area (Å²) in [7, 11) is 0. The van der Waals surface area contributed by atoms with E-state index in [1.807, 2.05) is 6.08 Å². The molecule has 0 saturated heterocycles. The van der Waals surface area contributed by atoms with Gasteiger partial charge in [0, 0.05) is 0 Å². The molecule has 0 amide bonds. The summed E-state index contributed by atoms with van der Waals surface area (Å²) in [5, 5.41) is 10.1. The number of halogens is 4. The molecule has 1 atom stereocenters. The molecule has 0 bridgehead atoms. The Morgan fingerprint density at radius 3 is 2.42 bits per heavy atom. The molecule has 1 unspecified atom stereocenters. The van der Waals surface area contributed by atoms with Crippen LogP contribution in [-0.4, -0.2) is 5.11 Å². The van der Waals surface area contributed by atoms with Crippen LogP contribution in [-0.2, 0) is 6.18 Å². The first-order valence-corrected chi connectivity index (χ1v) is 6.12. The van der Waals surface area contributed by atoms with Crippen LogP contribution < -0.4 is 0 Å². The maximum Gasteiger partial charge on any atom is 0.416 e. The molecular formula is C14H14F4O. The Balaban J connectivity index is 2.34. The first kappa shape index (κ1) is 14.1. The van der Waals surface area contributed by atoms with Crippen molar-refractivity contribution in [3.63, 3.8) is 0 Å². The molecule has 0 heterocycles. The Morgan fingerprint density at radius 2 is 1.84 bits per heavy atom. The van der Waals surface area contributed by atoms with Crippen LogP contribution in [0.5, 0.6) is 0 Å². The van der Waals surface area contributed by atoms with E-state index in [0.29, 0.717) is 18.1 Å². The van der Waals surface area contributed by atoms with Crippen molar-refractivity contribution in [2.75, 3.05) is 0 Å². The largest absolute Gasteiger partial charge is 0.416 e. The van der Waals surface area contributed by atoms with E-state index in [9.17, 15) is 22.7 Å². The second kappa shape index (κ2) is 5.33. The van der Waals surface area contributed by atoms with E-state index in [1.54, 1.807) is 0 Å². The molecule has 1 N–H and O–H groups in total. The van der Waals surface area contributed by atoms with Gasteiger partial charge < -0.3 is 5.11 Å². The molecule has 0 radical (unpaired) electrons. The summed E-state index contributed by atoms with van der Waals surface area (Å²) < 4.78 is 51.0. The Labute approximate surface area is 108 Å². The van der Waals surface area contributed by atoms with Crippen molar-refractivity contribution < 1.29 is 22.7 Å². The molecule has 1 nitrogen and oxygen atoms in total. The van der Waals surface area contributed by atoms with Crippen molar-refractivity contribution in [2.24, 2.45) is 0 Å². The van der Waals surface area contributed by atoms with Gasteiger partial charge in [0.05, 0.1) is 5.56 Å². The van der Waals surface area contributed by atoms with Gasteiger partial charge in [-0.1, -0.05) is 6.08 Å². The normalized spacial score (nSPS) is 18.1. The molecule has 0 fully saturated rings. The van der Waals surface area contributed by atoms with Gasteiger partial charge in [-0.25, -0.2) is 4.39 Å². The summed E-state index contributed by atoms with van der Waals surface area (Å²) >= 11 is 0. The van der Waals surface area contributed by atoms with Crippen LogP contribution in [0.15, 0.2) is 29.8 Å². The molecule has 1 aliphatic carbocycles.